The molecule has 5 heteroatoms. The molecule has 0 bridgehead atoms. The fourth-order valence-corrected chi connectivity index (χ4v) is 3.11. The van der Waals surface area contributed by atoms with Crippen molar-refractivity contribution in [2.45, 2.75) is 12.6 Å². The molecule has 0 saturated carbocycles. The summed E-state index contributed by atoms with van der Waals surface area (Å²) >= 11 is 0. The second kappa shape index (κ2) is 8.87. The van der Waals surface area contributed by atoms with Crippen molar-refractivity contribution in [3.63, 3.8) is 0 Å². The number of nitrogens with zero attached hydrogens (tertiary/aromatic N) is 4. The molecule has 1 atom stereocenters. The van der Waals surface area contributed by atoms with Gasteiger partial charge in [-0.05, 0) is 47.9 Å². The molecule has 30 heavy (non-hydrogen) atoms. The van der Waals surface area contributed by atoms with Crippen molar-refractivity contribution in [2.75, 3.05) is 0 Å². The summed E-state index contributed by atoms with van der Waals surface area (Å²) in [7, 11) is 0. The van der Waals surface area contributed by atoms with Crippen molar-refractivity contribution in [1.29, 1.82) is 5.26 Å². The molecule has 1 unspecified atom stereocenters. The highest BCUT2D eigenvalue weighted by molar-refractivity contribution is 5.40. The standard InChI is InChI=1S/C25H19N5/c26-15-20-9-11-21(12-10-20)17-30-18-28-16-24(30)25(27)23-8-4-7-22(29-23)14-13-19-5-2-1-3-6-19/h1-12,16,18,25H,17,27H2. The van der Waals surface area contributed by atoms with Crippen LogP contribution in [-0.2, 0) is 6.54 Å². The lowest BCUT2D eigenvalue weighted by Gasteiger charge is -2.15. The Morgan fingerprint density at radius 2 is 1.70 bits per heavy atom. The Hall–Kier alpha value is -4.19. The van der Waals surface area contributed by atoms with Crippen LogP contribution in [0.1, 0.15) is 39.8 Å². The van der Waals surface area contributed by atoms with E-state index in [1.54, 1.807) is 12.5 Å². The minimum atomic E-state index is -0.427. The molecule has 4 aromatic rings. The molecule has 0 radical (unpaired) electrons. The molecule has 144 valence electrons. The number of hydrogen-bond acceptors (Lipinski definition) is 4. The normalized spacial score (nSPS) is 11.2. The van der Waals surface area contributed by atoms with E-state index in [0.717, 1.165) is 22.5 Å². The van der Waals surface area contributed by atoms with Gasteiger partial charge in [-0.1, -0.05) is 42.3 Å². The van der Waals surface area contributed by atoms with Gasteiger partial charge in [0.1, 0.15) is 5.69 Å². The predicted octanol–water partition coefficient (Wildman–Crippen LogP) is 3.65. The number of nitriles is 1. The largest absolute Gasteiger partial charge is 0.328 e. The van der Waals surface area contributed by atoms with Gasteiger partial charge in [0, 0.05) is 12.1 Å². The van der Waals surface area contributed by atoms with Gasteiger partial charge >= 0.3 is 0 Å². The molecule has 2 N–H and O–H groups in total. The predicted molar refractivity (Wildman–Crippen MR) is 115 cm³/mol. The first-order valence-corrected chi connectivity index (χ1v) is 9.51. The Labute approximate surface area is 175 Å². The molecular formula is C25H19N5. The third-order valence-electron chi connectivity index (χ3n) is 4.70. The number of pyridine rings is 1. The molecular weight excluding hydrogens is 370 g/mol. The maximum atomic E-state index is 8.96. The van der Waals surface area contributed by atoms with Gasteiger partial charge in [0.05, 0.1) is 41.6 Å². The Morgan fingerprint density at radius 3 is 2.47 bits per heavy atom. The summed E-state index contributed by atoms with van der Waals surface area (Å²) in [5.41, 5.74) is 11.4. The number of aromatic nitrogens is 3. The molecule has 2 aromatic heterocycles. The monoisotopic (exact) mass is 389 g/mol. The van der Waals surface area contributed by atoms with E-state index in [1.165, 1.54) is 0 Å². The summed E-state index contributed by atoms with van der Waals surface area (Å²) < 4.78 is 2.00. The van der Waals surface area contributed by atoms with Gasteiger partial charge in [-0.25, -0.2) is 9.97 Å². The summed E-state index contributed by atoms with van der Waals surface area (Å²) in [5.74, 6) is 6.22. The van der Waals surface area contributed by atoms with Gasteiger partial charge in [0.2, 0.25) is 0 Å². The van der Waals surface area contributed by atoms with Crippen LogP contribution in [0.4, 0.5) is 0 Å². The van der Waals surface area contributed by atoms with Crippen LogP contribution >= 0.6 is 0 Å². The quantitative estimate of drug-likeness (QED) is 0.540. The van der Waals surface area contributed by atoms with Crippen molar-refractivity contribution < 1.29 is 0 Å². The van der Waals surface area contributed by atoms with Crippen LogP contribution in [0.2, 0.25) is 0 Å². The summed E-state index contributed by atoms with van der Waals surface area (Å²) in [6.45, 7) is 0.613. The number of benzene rings is 2. The molecule has 0 aliphatic rings. The third-order valence-corrected chi connectivity index (χ3v) is 4.70. The topological polar surface area (TPSA) is 80.5 Å². The number of hydrogen-bond donors (Lipinski definition) is 1. The Kier molecular flexibility index (Phi) is 5.66. The van der Waals surface area contributed by atoms with E-state index < -0.39 is 6.04 Å². The SMILES string of the molecule is N#Cc1ccc(Cn2cncc2C(N)c2cccc(C#Cc3ccccc3)n2)cc1. The van der Waals surface area contributed by atoms with Crippen LogP contribution in [0, 0.1) is 23.2 Å². The van der Waals surface area contributed by atoms with Crippen LogP contribution in [0.25, 0.3) is 0 Å². The lowest BCUT2D eigenvalue weighted by Crippen LogP contribution is -2.18. The van der Waals surface area contributed by atoms with E-state index in [9.17, 15) is 0 Å². The van der Waals surface area contributed by atoms with Crippen molar-refractivity contribution in [2.24, 2.45) is 5.73 Å². The second-order valence-electron chi connectivity index (χ2n) is 6.80. The fraction of sp³-hybridized carbons (Fsp3) is 0.0800. The summed E-state index contributed by atoms with van der Waals surface area (Å²) in [6, 6.07) is 24.7. The van der Waals surface area contributed by atoms with Gasteiger partial charge in [0.25, 0.3) is 0 Å². The third kappa shape index (κ3) is 4.44. The van der Waals surface area contributed by atoms with Crippen LogP contribution in [-0.4, -0.2) is 14.5 Å². The molecule has 5 nitrogen and oxygen atoms in total. The van der Waals surface area contributed by atoms with Crippen molar-refractivity contribution >= 4 is 0 Å². The minimum Gasteiger partial charge on any atom is -0.328 e. The maximum absolute atomic E-state index is 8.96. The second-order valence-corrected chi connectivity index (χ2v) is 6.80. The smallest absolute Gasteiger partial charge is 0.113 e. The van der Waals surface area contributed by atoms with E-state index in [-0.39, 0.29) is 0 Å². The van der Waals surface area contributed by atoms with Crippen LogP contribution in [0.15, 0.2) is 85.3 Å². The Balaban J connectivity index is 1.55. The molecule has 0 spiro atoms. The van der Waals surface area contributed by atoms with Gasteiger partial charge < -0.3 is 10.3 Å². The highest BCUT2D eigenvalue weighted by atomic mass is 15.1. The summed E-state index contributed by atoms with van der Waals surface area (Å²) in [4.78, 5) is 8.91. The zero-order valence-electron chi connectivity index (χ0n) is 16.2. The first-order chi connectivity index (χ1) is 14.7. The molecule has 2 aromatic carbocycles. The number of rotatable bonds is 4. The first-order valence-electron chi connectivity index (χ1n) is 9.51. The molecule has 2 heterocycles. The van der Waals surface area contributed by atoms with E-state index in [0.29, 0.717) is 17.8 Å². The summed E-state index contributed by atoms with van der Waals surface area (Å²) in [6.07, 6.45) is 3.52. The van der Waals surface area contributed by atoms with Crippen molar-refractivity contribution in [3.05, 3.63) is 119 Å². The lowest BCUT2D eigenvalue weighted by molar-refractivity contribution is 0.684. The average Bonchev–Trinajstić information content (AvgIpc) is 3.26. The molecule has 0 amide bonds. The molecule has 4 rings (SSSR count). The van der Waals surface area contributed by atoms with E-state index in [2.05, 4.69) is 27.9 Å². The minimum absolute atomic E-state index is 0.427. The zero-order chi connectivity index (χ0) is 20.8. The fourth-order valence-electron chi connectivity index (χ4n) is 3.11. The number of imidazole rings is 1. The van der Waals surface area contributed by atoms with Crippen LogP contribution in [0.3, 0.4) is 0 Å². The number of nitrogens with two attached hydrogens (primary N) is 1. The van der Waals surface area contributed by atoms with Crippen molar-refractivity contribution in [3.8, 4) is 17.9 Å². The van der Waals surface area contributed by atoms with Crippen molar-refractivity contribution in [1.82, 2.24) is 14.5 Å². The van der Waals surface area contributed by atoms with Gasteiger partial charge in [0.15, 0.2) is 0 Å². The zero-order valence-corrected chi connectivity index (χ0v) is 16.2. The van der Waals surface area contributed by atoms with E-state index in [4.69, 9.17) is 11.0 Å². The maximum Gasteiger partial charge on any atom is 0.113 e. The van der Waals surface area contributed by atoms with E-state index >= 15 is 0 Å². The molecule has 0 aliphatic heterocycles. The molecule has 0 saturated heterocycles. The highest BCUT2D eigenvalue weighted by Crippen LogP contribution is 2.19. The van der Waals surface area contributed by atoms with Gasteiger partial charge in [-0.3, -0.25) is 0 Å². The van der Waals surface area contributed by atoms with Gasteiger partial charge in [-0.2, -0.15) is 5.26 Å². The van der Waals surface area contributed by atoms with Gasteiger partial charge in [-0.15, -0.1) is 0 Å². The molecule has 0 aliphatic carbocycles. The average molecular weight is 389 g/mol. The van der Waals surface area contributed by atoms with E-state index in [1.807, 2.05) is 77.4 Å². The highest BCUT2D eigenvalue weighted by Gasteiger charge is 2.15. The molecule has 0 fully saturated rings. The summed E-state index contributed by atoms with van der Waals surface area (Å²) in [5, 5.41) is 8.96. The van der Waals surface area contributed by atoms with Crippen LogP contribution < -0.4 is 5.73 Å². The first kappa shape index (κ1) is 19.1. The lowest BCUT2D eigenvalue weighted by atomic mass is 10.1. The van der Waals surface area contributed by atoms with Crippen LogP contribution in [0.5, 0.6) is 0 Å². The Morgan fingerprint density at radius 1 is 0.900 bits per heavy atom. The Bertz CT molecular complexity index is 1240.